The zero-order chi connectivity index (χ0) is 20.6. The summed E-state index contributed by atoms with van der Waals surface area (Å²) < 4.78 is 6.12. The van der Waals surface area contributed by atoms with Crippen LogP contribution < -0.4 is 15.4 Å². The van der Waals surface area contributed by atoms with Crippen LogP contribution in [-0.4, -0.2) is 69.1 Å². The number of nitrogens with zero attached hydrogens (tertiary/aromatic N) is 3. The van der Waals surface area contributed by atoms with Crippen LogP contribution in [0.5, 0.6) is 11.5 Å². The minimum absolute atomic E-state index is 0.476. The molecule has 0 radical (unpaired) electrons. The van der Waals surface area contributed by atoms with E-state index in [-0.39, 0.29) is 0 Å². The van der Waals surface area contributed by atoms with Crippen LogP contribution in [0.1, 0.15) is 11.1 Å². The van der Waals surface area contributed by atoms with Crippen LogP contribution in [0.3, 0.4) is 0 Å². The molecule has 6 heteroatoms. The van der Waals surface area contributed by atoms with Crippen LogP contribution in [0.15, 0.2) is 53.5 Å². The number of benzene rings is 2. The van der Waals surface area contributed by atoms with Gasteiger partial charge < -0.3 is 20.3 Å². The number of rotatable bonds is 6. The number of hydrogen-bond acceptors (Lipinski definition) is 4. The SMILES string of the molecule is CN=C(NCc1ccc(C)cc1Oc1ccccc1)NCC1CN(C)CCN1C. The molecule has 1 aliphatic rings. The van der Waals surface area contributed by atoms with Gasteiger partial charge in [0.15, 0.2) is 5.96 Å². The lowest BCUT2D eigenvalue weighted by molar-refractivity contribution is 0.116. The number of para-hydroxylation sites is 1. The van der Waals surface area contributed by atoms with Gasteiger partial charge in [-0.2, -0.15) is 0 Å². The Bertz CT molecular complexity index is 808. The molecule has 0 aliphatic carbocycles. The summed E-state index contributed by atoms with van der Waals surface area (Å²) >= 11 is 0. The highest BCUT2D eigenvalue weighted by Gasteiger charge is 2.22. The van der Waals surface area contributed by atoms with E-state index in [0.717, 1.165) is 49.2 Å². The molecule has 29 heavy (non-hydrogen) atoms. The van der Waals surface area contributed by atoms with Gasteiger partial charge in [0.05, 0.1) is 0 Å². The van der Waals surface area contributed by atoms with Gasteiger partial charge in [-0.25, -0.2) is 0 Å². The zero-order valence-corrected chi connectivity index (χ0v) is 18.0. The number of likely N-dealkylation sites (N-methyl/N-ethyl adjacent to an activating group) is 2. The van der Waals surface area contributed by atoms with E-state index in [1.807, 2.05) is 37.4 Å². The summed E-state index contributed by atoms with van der Waals surface area (Å²) in [6.07, 6.45) is 0. The van der Waals surface area contributed by atoms with Gasteiger partial charge in [0.25, 0.3) is 0 Å². The Morgan fingerprint density at radius 1 is 1.10 bits per heavy atom. The van der Waals surface area contributed by atoms with Crippen molar-refractivity contribution in [3.8, 4) is 11.5 Å². The molecular weight excluding hydrogens is 362 g/mol. The van der Waals surface area contributed by atoms with E-state index >= 15 is 0 Å². The fourth-order valence-corrected chi connectivity index (χ4v) is 3.45. The van der Waals surface area contributed by atoms with E-state index in [4.69, 9.17) is 4.74 Å². The van der Waals surface area contributed by atoms with E-state index in [2.05, 4.69) is 64.6 Å². The molecule has 1 aliphatic heterocycles. The largest absolute Gasteiger partial charge is 0.457 e. The van der Waals surface area contributed by atoms with Crippen molar-refractivity contribution in [3.05, 3.63) is 59.7 Å². The second-order valence-electron chi connectivity index (χ2n) is 7.73. The van der Waals surface area contributed by atoms with Crippen molar-refractivity contribution in [1.29, 1.82) is 0 Å². The maximum atomic E-state index is 6.12. The third kappa shape index (κ3) is 6.21. The van der Waals surface area contributed by atoms with E-state index in [1.165, 1.54) is 5.56 Å². The van der Waals surface area contributed by atoms with E-state index in [9.17, 15) is 0 Å². The first kappa shape index (κ1) is 21.1. The highest BCUT2D eigenvalue weighted by molar-refractivity contribution is 5.79. The number of hydrogen-bond donors (Lipinski definition) is 2. The normalized spacial score (nSPS) is 18.5. The lowest BCUT2D eigenvalue weighted by Crippen LogP contribution is -2.55. The van der Waals surface area contributed by atoms with Gasteiger partial charge in [0.1, 0.15) is 11.5 Å². The Morgan fingerprint density at radius 3 is 2.66 bits per heavy atom. The average Bonchev–Trinajstić information content (AvgIpc) is 2.72. The van der Waals surface area contributed by atoms with Crippen molar-refractivity contribution in [3.63, 3.8) is 0 Å². The molecule has 0 saturated carbocycles. The van der Waals surface area contributed by atoms with Crippen LogP contribution in [0.2, 0.25) is 0 Å². The highest BCUT2D eigenvalue weighted by atomic mass is 16.5. The van der Waals surface area contributed by atoms with E-state index in [1.54, 1.807) is 0 Å². The van der Waals surface area contributed by atoms with Gasteiger partial charge in [-0.3, -0.25) is 9.89 Å². The molecule has 156 valence electrons. The monoisotopic (exact) mass is 395 g/mol. The van der Waals surface area contributed by atoms with Crippen LogP contribution >= 0.6 is 0 Å². The maximum Gasteiger partial charge on any atom is 0.191 e. The van der Waals surface area contributed by atoms with Crippen LogP contribution in [0, 0.1) is 6.92 Å². The third-order valence-electron chi connectivity index (χ3n) is 5.35. The molecule has 2 aromatic carbocycles. The Labute approximate surface area is 174 Å². The second kappa shape index (κ2) is 10.3. The summed E-state index contributed by atoms with van der Waals surface area (Å²) in [4.78, 5) is 9.17. The van der Waals surface area contributed by atoms with Gasteiger partial charge in [-0.05, 0) is 44.8 Å². The Kier molecular flexibility index (Phi) is 7.49. The molecular formula is C23H33N5O. The first-order valence-corrected chi connectivity index (χ1v) is 10.2. The molecule has 1 saturated heterocycles. The molecule has 6 nitrogen and oxygen atoms in total. The standard InChI is InChI=1S/C23H33N5O/c1-18-10-11-19(22(14-18)29-21-8-6-5-7-9-21)15-25-23(24-2)26-16-20-17-27(3)12-13-28(20)4/h5-11,14,20H,12-13,15-17H2,1-4H3,(H2,24,25,26). The molecule has 2 N–H and O–H groups in total. The third-order valence-corrected chi connectivity index (χ3v) is 5.35. The molecule has 0 spiro atoms. The summed E-state index contributed by atoms with van der Waals surface area (Å²) in [6, 6.07) is 16.7. The van der Waals surface area contributed by atoms with Gasteiger partial charge in [-0.15, -0.1) is 0 Å². The van der Waals surface area contributed by atoms with Gasteiger partial charge in [0, 0.05) is 51.4 Å². The van der Waals surface area contributed by atoms with Crippen molar-refractivity contribution in [2.24, 2.45) is 4.99 Å². The quantitative estimate of drug-likeness (QED) is 0.582. The highest BCUT2D eigenvalue weighted by Crippen LogP contribution is 2.26. The number of ether oxygens (including phenoxy) is 1. The predicted molar refractivity (Wildman–Crippen MR) is 120 cm³/mol. The number of aliphatic imine (C=N–C) groups is 1. The fraction of sp³-hybridized carbons (Fsp3) is 0.435. The summed E-state index contributed by atoms with van der Waals surface area (Å²) in [7, 11) is 6.18. The molecule has 1 unspecified atom stereocenters. The summed E-state index contributed by atoms with van der Waals surface area (Å²) in [5.74, 6) is 2.51. The van der Waals surface area contributed by atoms with E-state index < -0.39 is 0 Å². The molecule has 0 aromatic heterocycles. The predicted octanol–water partition coefficient (Wildman–Crippen LogP) is 2.70. The maximum absolute atomic E-state index is 6.12. The molecule has 2 aromatic rings. The fourth-order valence-electron chi connectivity index (χ4n) is 3.45. The second-order valence-corrected chi connectivity index (χ2v) is 7.73. The van der Waals surface area contributed by atoms with Crippen molar-refractivity contribution < 1.29 is 4.74 Å². The molecule has 1 atom stereocenters. The number of guanidine groups is 1. The summed E-state index contributed by atoms with van der Waals surface area (Å²) in [6.45, 7) is 6.86. The lowest BCUT2D eigenvalue weighted by Gasteiger charge is -2.37. The molecule has 0 amide bonds. The molecule has 3 rings (SSSR count). The average molecular weight is 396 g/mol. The smallest absolute Gasteiger partial charge is 0.191 e. The molecule has 1 heterocycles. The Hall–Kier alpha value is -2.57. The first-order valence-electron chi connectivity index (χ1n) is 10.2. The number of piperazine rings is 1. The van der Waals surface area contributed by atoms with Crippen molar-refractivity contribution in [2.45, 2.75) is 19.5 Å². The number of aryl methyl sites for hydroxylation is 1. The Balaban J connectivity index is 1.59. The van der Waals surface area contributed by atoms with E-state index in [0.29, 0.717) is 12.6 Å². The lowest BCUT2D eigenvalue weighted by atomic mass is 10.1. The van der Waals surface area contributed by atoms with Gasteiger partial charge in [-0.1, -0.05) is 30.3 Å². The van der Waals surface area contributed by atoms with Crippen LogP contribution in [-0.2, 0) is 6.54 Å². The molecule has 0 bridgehead atoms. The molecule has 1 fully saturated rings. The minimum Gasteiger partial charge on any atom is -0.457 e. The van der Waals surface area contributed by atoms with Gasteiger partial charge >= 0.3 is 0 Å². The topological polar surface area (TPSA) is 52.1 Å². The van der Waals surface area contributed by atoms with Crippen molar-refractivity contribution >= 4 is 5.96 Å². The summed E-state index contributed by atoms with van der Waals surface area (Å²) in [5, 5.41) is 6.89. The van der Waals surface area contributed by atoms with Crippen LogP contribution in [0.4, 0.5) is 0 Å². The summed E-state index contributed by atoms with van der Waals surface area (Å²) in [5.41, 5.74) is 2.27. The first-order chi connectivity index (χ1) is 14.0. The number of nitrogens with one attached hydrogen (secondary N) is 2. The van der Waals surface area contributed by atoms with Gasteiger partial charge in [0.2, 0.25) is 0 Å². The Morgan fingerprint density at radius 2 is 1.90 bits per heavy atom. The van der Waals surface area contributed by atoms with Crippen molar-refractivity contribution in [2.75, 3.05) is 47.3 Å². The minimum atomic E-state index is 0.476. The van der Waals surface area contributed by atoms with Crippen molar-refractivity contribution in [1.82, 2.24) is 20.4 Å². The van der Waals surface area contributed by atoms with Crippen LogP contribution in [0.25, 0.3) is 0 Å². The zero-order valence-electron chi connectivity index (χ0n) is 18.0.